The SMILES string of the molecule is CC(C)c1cc(=O)n(CC(=O)NC2(c3ccc4c(c3)OCCO4)CCCC2)cn1. The van der Waals surface area contributed by atoms with Gasteiger partial charge in [-0.05, 0) is 36.5 Å². The van der Waals surface area contributed by atoms with E-state index >= 15 is 0 Å². The van der Waals surface area contributed by atoms with E-state index in [0.717, 1.165) is 48.4 Å². The molecule has 1 amide bonds. The van der Waals surface area contributed by atoms with E-state index in [1.54, 1.807) is 0 Å². The largest absolute Gasteiger partial charge is 0.486 e. The second-order valence-corrected chi connectivity index (χ2v) is 8.13. The van der Waals surface area contributed by atoms with Gasteiger partial charge in [0, 0.05) is 6.07 Å². The maximum Gasteiger partial charge on any atom is 0.254 e. The lowest BCUT2D eigenvalue weighted by Crippen LogP contribution is -2.46. The van der Waals surface area contributed by atoms with Crippen molar-refractivity contribution in [2.45, 2.75) is 57.5 Å². The standard InChI is InChI=1S/C22H27N3O4/c1-15(2)17-12-21(27)25(14-23-17)13-20(26)24-22(7-3-4-8-22)16-5-6-18-19(11-16)29-10-9-28-18/h5-6,11-12,14-15H,3-4,7-10,13H2,1-2H3,(H,24,26). The van der Waals surface area contributed by atoms with Gasteiger partial charge in [-0.25, -0.2) is 4.98 Å². The van der Waals surface area contributed by atoms with Gasteiger partial charge in [-0.15, -0.1) is 0 Å². The van der Waals surface area contributed by atoms with Gasteiger partial charge in [-0.3, -0.25) is 14.2 Å². The van der Waals surface area contributed by atoms with Gasteiger partial charge in [0.15, 0.2) is 11.5 Å². The van der Waals surface area contributed by atoms with Crippen molar-refractivity contribution in [3.05, 3.63) is 52.2 Å². The van der Waals surface area contributed by atoms with Crippen LogP contribution in [-0.2, 0) is 16.9 Å². The lowest BCUT2D eigenvalue weighted by Gasteiger charge is -2.32. The molecule has 1 saturated carbocycles. The Morgan fingerprint density at radius 2 is 1.90 bits per heavy atom. The number of hydrogen-bond donors (Lipinski definition) is 1. The van der Waals surface area contributed by atoms with Crippen molar-refractivity contribution in [1.82, 2.24) is 14.9 Å². The molecular formula is C22H27N3O4. The lowest BCUT2D eigenvalue weighted by molar-refractivity contribution is -0.123. The quantitative estimate of drug-likeness (QED) is 0.839. The fraction of sp³-hybridized carbons (Fsp3) is 0.500. The summed E-state index contributed by atoms with van der Waals surface area (Å²) in [7, 11) is 0. The van der Waals surface area contributed by atoms with Gasteiger partial charge < -0.3 is 14.8 Å². The number of fused-ring (bicyclic) bond motifs is 1. The molecule has 7 nitrogen and oxygen atoms in total. The second-order valence-electron chi connectivity index (χ2n) is 8.13. The Morgan fingerprint density at radius 3 is 2.59 bits per heavy atom. The normalized spacial score (nSPS) is 17.3. The Kier molecular flexibility index (Phi) is 5.30. The van der Waals surface area contributed by atoms with Crippen molar-refractivity contribution < 1.29 is 14.3 Å². The summed E-state index contributed by atoms with van der Waals surface area (Å²) in [6.45, 7) is 4.99. The van der Waals surface area contributed by atoms with Crippen LogP contribution in [0.5, 0.6) is 11.5 Å². The number of ether oxygens (including phenoxy) is 2. The van der Waals surface area contributed by atoms with Crippen LogP contribution in [-0.4, -0.2) is 28.7 Å². The van der Waals surface area contributed by atoms with Crippen molar-refractivity contribution in [3.63, 3.8) is 0 Å². The van der Waals surface area contributed by atoms with Crippen LogP contribution in [0.25, 0.3) is 0 Å². The Labute approximate surface area is 170 Å². The van der Waals surface area contributed by atoms with Crippen molar-refractivity contribution in [2.24, 2.45) is 0 Å². The average Bonchev–Trinajstić information content (AvgIpc) is 3.18. The Morgan fingerprint density at radius 1 is 1.17 bits per heavy atom. The number of amides is 1. The monoisotopic (exact) mass is 397 g/mol. The van der Waals surface area contributed by atoms with Crippen molar-refractivity contribution in [1.29, 1.82) is 0 Å². The third-order valence-corrected chi connectivity index (χ3v) is 5.74. The van der Waals surface area contributed by atoms with Crippen molar-refractivity contribution in [2.75, 3.05) is 13.2 Å². The van der Waals surface area contributed by atoms with Crippen LogP contribution in [0.2, 0.25) is 0 Å². The molecule has 7 heteroatoms. The maximum atomic E-state index is 12.9. The Bertz CT molecular complexity index is 961. The molecule has 4 rings (SSSR count). The summed E-state index contributed by atoms with van der Waals surface area (Å²) in [5.41, 5.74) is 1.10. The molecule has 1 aromatic carbocycles. The summed E-state index contributed by atoms with van der Waals surface area (Å²) < 4.78 is 12.7. The molecule has 154 valence electrons. The van der Waals surface area contributed by atoms with Crippen LogP contribution in [0.4, 0.5) is 0 Å². The number of aromatic nitrogens is 2. The van der Waals surface area contributed by atoms with Gasteiger partial charge in [0.2, 0.25) is 5.91 Å². The van der Waals surface area contributed by atoms with Crippen LogP contribution in [0, 0.1) is 0 Å². The molecule has 0 saturated heterocycles. The smallest absolute Gasteiger partial charge is 0.254 e. The minimum atomic E-state index is -0.443. The number of benzene rings is 1. The first-order valence-corrected chi connectivity index (χ1v) is 10.2. The summed E-state index contributed by atoms with van der Waals surface area (Å²) in [6, 6.07) is 7.40. The van der Waals surface area contributed by atoms with E-state index in [1.807, 2.05) is 32.0 Å². The lowest BCUT2D eigenvalue weighted by atomic mass is 9.87. The molecule has 0 unspecified atom stereocenters. The highest BCUT2D eigenvalue weighted by Crippen LogP contribution is 2.42. The van der Waals surface area contributed by atoms with E-state index in [1.165, 1.54) is 17.0 Å². The highest BCUT2D eigenvalue weighted by molar-refractivity contribution is 5.77. The molecule has 0 atom stereocenters. The minimum Gasteiger partial charge on any atom is -0.486 e. The molecule has 0 radical (unpaired) electrons. The number of nitrogens with one attached hydrogen (secondary N) is 1. The number of carbonyl (C=O) groups excluding carboxylic acids is 1. The average molecular weight is 397 g/mol. The second kappa shape index (κ2) is 7.89. The van der Waals surface area contributed by atoms with Crippen molar-refractivity contribution >= 4 is 5.91 Å². The molecule has 1 aliphatic heterocycles. The number of rotatable bonds is 5. The van der Waals surface area contributed by atoms with Gasteiger partial charge in [0.1, 0.15) is 19.8 Å². The van der Waals surface area contributed by atoms with Gasteiger partial charge in [-0.1, -0.05) is 32.8 Å². The molecular weight excluding hydrogens is 370 g/mol. The zero-order valence-corrected chi connectivity index (χ0v) is 16.9. The molecule has 2 aromatic rings. The molecule has 29 heavy (non-hydrogen) atoms. The summed E-state index contributed by atoms with van der Waals surface area (Å²) >= 11 is 0. The first-order valence-electron chi connectivity index (χ1n) is 10.2. The highest BCUT2D eigenvalue weighted by atomic mass is 16.6. The zero-order valence-electron chi connectivity index (χ0n) is 16.9. The van der Waals surface area contributed by atoms with Gasteiger partial charge in [0.05, 0.1) is 17.6 Å². The Balaban J connectivity index is 1.54. The summed E-state index contributed by atoms with van der Waals surface area (Å²) in [5.74, 6) is 1.44. The van der Waals surface area contributed by atoms with E-state index in [9.17, 15) is 9.59 Å². The molecule has 1 N–H and O–H groups in total. The van der Waals surface area contributed by atoms with E-state index < -0.39 is 5.54 Å². The number of carbonyl (C=O) groups is 1. The van der Waals surface area contributed by atoms with E-state index in [0.29, 0.717) is 13.2 Å². The molecule has 0 bridgehead atoms. The minimum absolute atomic E-state index is 0.0451. The predicted octanol–water partition coefficient (Wildman–Crippen LogP) is 2.72. The van der Waals surface area contributed by atoms with Crippen LogP contribution in [0.15, 0.2) is 35.4 Å². The molecule has 2 aliphatic rings. The molecule has 1 aliphatic carbocycles. The third kappa shape index (κ3) is 3.99. The Hall–Kier alpha value is -2.83. The van der Waals surface area contributed by atoms with Crippen LogP contribution >= 0.6 is 0 Å². The fourth-order valence-electron chi connectivity index (χ4n) is 4.14. The zero-order chi connectivity index (χ0) is 20.4. The van der Waals surface area contributed by atoms with E-state index in [4.69, 9.17) is 9.47 Å². The summed E-state index contributed by atoms with van der Waals surface area (Å²) in [6.07, 6.45) is 5.26. The van der Waals surface area contributed by atoms with Crippen LogP contribution in [0.1, 0.15) is 56.7 Å². The van der Waals surface area contributed by atoms with Crippen molar-refractivity contribution in [3.8, 4) is 11.5 Å². The van der Waals surface area contributed by atoms with E-state index in [2.05, 4.69) is 10.3 Å². The molecule has 1 aromatic heterocycles. The first-order chi connectivity index (χ1) is 14.0. The summed E-state index contributed by atoms with van der Waals surface area (Å²) in [4.78, 5) is 29.5. The molecule has 0 spiro atoms. The van der Waals surface area contributed by atoms with Gasteiger partial charge in [0.25, 0.3) is 5.56 Å². The number of hydrogen-bond acceptors (Lipinski definition) is 5. The van der Waals surface area contributed by atoms with Gasteiger partial charge in [-0.2, -0.15) is 0 Å². The predicted molar refractivity (Wildman–Crippen MR) is 108 cm³/mol. The molecule has 1 fully saturated rings. The summed E-state index contributed by atoms with van der Waals surface area (Å²) in [5, 5.41) is 3.21. The van der Waals surface area contributed by atoms with Gasteiger partial charge >= 0.3 is 0 Å². The van der Waals surface area contributed by atoms with E-state index in [-0.39, 0.29) is 23.9 Å². The van der Waals surface area contributed by atoms with Crippen LogP contribution < -0.4 is 20.3 Å². The highest BCUT2D eigenvalue weighted by Gasteiger charge is 2.38. The molecule has 2 heterocycles. The topological polar surface area (TPSA) is 82.5 Å². The third-order valence-electron chi connectivity index (χ3n) is 5.74. The fourth-order valence-corrected chi connectivity index (χ4v) is 4.14. The maximum absolute atomic E-state index is 12.9. The number of nitrogens with zero attached hydrogens (tertiary/aromatic N) is 2. The first kappa shape index (κ1) is 19.5. The van der Waals surface area contributed by atoms with Crippen LogP contribution in [0.3, 0.4) is 0 Å².